The van der Waals surface area contributed by atoms with Crippen LogP contribution in [0.25, 0.3) is 0 Å². The summed E-state index contributed by atoms with van der Waals surface area (Å²) >= 11 is 1.67. The number of furan rings is 1. The van der Waals surface area contributed by atoms with E-state index in [1.54, 1.807) is 18.0 Å². The van der Waals surface area contributed by atoms with Crippen LogP contribution < -0.4 is 5.32 Å². The van der Waals surface area contributed by atoms with Gasteiger partial charge in [-0.25, -0.2) is 0 Å². The second kappa shape index (κ2) is 9.67. The van der Waals surface area contributed by atoms with E-state index in [2.05, 4.69) is 5.32 Å². The van der Waals surface area contributed by atoms with Crippen molar-refractivity contribution in [3.63, 3.8) is 0 Å². The first-order valence-electron chi connectivity index (χ1n) is 10.1. The van der Waals surface area contributed by atoms with Gasteiger partial charge in [0.15, 0.2) is 5.76 Å². The molecule has 5 nitrogen and oxygen atoms in total. The van der Waals surface area contributed by atoms with Gasteiger partial charge in [0.05, 0.1) is 6.26 Å². The fourth-order valence-electron chi connectivity index (χ4n) is 3.54. The first kappa shape index (κ1) is 20.3. The molecule has 0 atom stereocenters. The Balaban J connectivity index is 1.38. The number of hydrogen-bond acceptors (Lipinski definition) is 4. The Kier molecular flexibility index (Phi) is 6.54. The largest absolute Gasteiger partial charge is 0.459 e. The Hall–Kier alpha value is -2.99. The zero-order valence-electron chi connectivity index (χ0n) is 16.7. The maximum atomic E-state index is 12.7. The van der Waals surface area contributed by atoms with Gasteiger partial charge < -0.3 is 14.6 Å². The maximum Gasteiger partial charge on any atom is 0.287 e. The molecule has 0 unspecified atom stereocenters. The number of thioether (sulfide) groups is 1. The predicted octanol–water partition coefficient (Wildman–Crippen LogP) is 4.62. The fourth-order valence-corrected chi connectivity index (χ4v) is 4.44. The van der Waals surface area contributed by atoms with Crippen LogP contribution >= 0.6 is 11.8 Å². The average molecular weight is 421 g/mol. The summed E-state index contributed by atoms with van der Waals surface area (Å²) in [6.07, 6.45) is 3.10. The number of carbonyl (C=O) groups is 2. The first-order valence-corrected chi connectivity index (χ1v) is 11.1. The molecular weight excluding hydrogens is 396 g/mol. The summed E-state index contributed by atoms with van der Waals surface area (Å²) in [4.78, 5) is 27.7. The summed E-state index contributed by atoms with van der Waals surface area (Å²) in [5.74, 6) is 0.989. The van der Waals surface area contributed by atoms with Crippen molar-refractivity contribution in [2.24, 2.45) is 0 Å². The number of nitrogens with zero attached hydrogens (tertiary/aromatic N) is 1. The predicted molar refractivity (Wildman–Crippen MR) is 117 cm³/mol. The maximum absolute atomic E-state index is 12.7. The van der Waals surface area contributed by atoms with Crippen molar-refractivity contribution < 1.29 is 14.0 Å². The minimum atomic E-state index is -0.226. The molecule has 1 N–H and O–H groups in total. The molecule has 1 aliphatic rings. The highest BCUT2D eigenvalue weighted by atomic mass is 32.2. The molecule has 1 aliphatic heterocycles. The molecule has 3 aromatic rings. The number of benzene rings is 2. The van der Waals surface area contributed by atoms with Gasteiger partial charge in [-0.05, 0) is 35.7 Å². The van der Waals surface area contributed by atoms with Crippen LogP contribution in [0.1, 0.15) is 40.1 Å². The van der Waals surface area contributed by atoms with Gasteiger partial charge in [0.25, 0.3) is 5.91 Å². The van der Waals surface area contributed by atoms with E-state index in [0.717, 1.165) is 34.6 Å². The van der Waals surface area contributed by atoms with Gasteiger partial charge in [-0.3, -0.25) is 9.59 Å². The summed E-state index contributed by atoms with van der Waals surface area (Å²) in [5.41, 5.74) is 2.95. The molecule has 0 bridgehead atoms. The second-order valence-corrected chi connectivity index (χ2v) is 8.30. The number of likely N-dealkylation sites (tertiary alicyclic amines) is 1. The molecule has 4 rings (SSSR count). The number of carbonyl (C=O) groups excluding carboxylic acids is 2. The third-order valence-electron chi connectivity index (χ3n) is 5.18. The summed E-state index contributed by atoms with van der Waals surface area (Å²) < 4.78 is 5.48. The van der Waals surface area contributed by atoms with Gasteiger partial charge in [0, 0.05) is 42.3 Å². The molecule has 2 heterocycles. The van der Waals surface area contributed by atoms with E-state index in [9.17, 15) is 9.59 Å². The molecule has 30 heavy (non-hydrogen) atoms. The van der Waals surface area contributed by atoms with Gasteiger partial charge in [0.2, 0.25) is 5.91 Å². The molecule has 0 spiro atoms. The van der Waals surface area contributed by atoms with E-state index in [1.165, 1.54) is 0 Å². The minimum absolute atomic E-state index is 0.199. The Labute approximate surface area is 180 Å². The van der Waals surface area contributed by atoms with Crippen LogP contribution in [0.2, 0.25) is 0 Å². The zero-order valence-corrected chi connectivity index (χ0v) is 17.5. The minimum Gasteiger partial charge on any atom is -0.459 e. The van der Waals surface area contributed by atoms with Gasteiger partial charge in [-0.1, -0.05) is 42.5 Å². The number of rotatable bonds is 8. The third kappa shape index (κ3) is 4.94. The molecule has 1 saturated heterocycles. The molecule has 6 heteroatoms. The van der Waals surface area contributed by atoms with Crippen LogP contribution in [0.4, 0.5) is 0 Å². The van der Waals surface area contributed by atoms with Crippen molar-refractivity contribution >= 4 is 23.6 Å². The van der Waals surface area contributed by atoms with Crippen molar-refractivity contribution in [1.82, 2.24) is 10.2 Å². The molecule has 2 aromatic carbocycles. The summed E-state index contributed by atoms with van der Waals surface area (Å²) in [5, 5.41) is 2.97. The number of amides is 2. The third-order valence-corrected chi connectivity index (χ3v) is 6.24. The van der Waals surface area contributed by atoms with Crippen LogP contribution in [0.15, 0.2) is 76.2 Å². The SMILES string of the molecule is O=C(NCc1ccccc1CN1CCCC1=O)c1occc1CSc1ccccc1. The monoisotopic (exact) mass is 420 g/mol. The van der Waals surface area contributed by atoms with Crippen molar-refractivity contribution in [3.05, 3.63) is 89.4 Å². The van der Waals surface area contributed by atoms with Gasteiger partial charge in [0.1, 0.15) is 0 Å². The van der Waals surface area contributed by atoms with Crippen LogP contribution in [0.3, 0.4) is 0 Å². The van der Waals surface area contributed by atoms with E-state index in [-0.39, 0.29) is 11.8 Å². The van der Waals surface area contributed by atoms with Crippen LogP contribution in [-0.4, -0.2) is 23.3 Å². The van der Waals surface area contributed by atoms with Crippen molar-refractivity contribution in [1.29, 1.82) is 0 Å². The van der Waals surface area contributed by atoms with Crippen molar-refractivity contribution in [2.45, 2.75) is 36.6 Å². The van der Waals surface area contributed by atoms with Gasteiger partial charge in [-0.2, -0.15) is 0 Å². The lowest BCUT2D eigenvalue weighted by Gasteiger charge is -2.18. The molecular formula is C24H24N2O3S. The zero-order chi connectivity index (χ0) is 20.8. The van der Waals surface area contributed by atoms with E-state index in [4.69, 9.17) is 4.42 Å². The molecule has 1 fully saturated rings. The Morgan fingerprint density at radius 2 is 1.77 bits per heavy atom. The lowest BCUT2D eigenvalue weighted by atomic mass is 10.1. The standard InChI is InChI=1S/C24H24N2O3S/c27-22-11-6-13-26(22)16-19-8-5-4-7-18(19)15-25-24(28)23-20(12-14-29-23)17-30-21-9-2-1-3-10-21/h1-5,7-10,12,14H,6,11,13,15-17H2,(H,25,28). The highest BCUT2D eigenvalue weighted by Gasteiger charge is 2.21. The molecule has 0 aliphatic carbocycles. The molecule has 2 amide bonds. The van der Waals surface area contributed by atoms with Gasteiger partial charge in [-0.15, -0.1) is 11.8 Å². The first-order chi connectivity index (χ1) is 14.7. The molecule has 0 radical (unpaired) electrons. The summed E-state index contributed by atoms with van der Waals surface area (Å²) in [6.45, 7) is 1.78. The Bertz CT molecular complexity index is 1020. The second-order valence-electron chi connectivity index (χ2n) is 7.25. The molecule has 1 aromatic heterocycles. The molecule has 154 valence electrons. The lowest BCUT2D eigenvalue weighted by molar-refractivity contribution is -0.128. The van der Waals surface area contributed by atoms with Crippen molar-refractivity contribution in [2.75, 3.05) is 6.54 Å². The summed E-state index contributed by atoms with van der Waals surface area (Å²) in [6, 6.07) is 19.8. The number of nitrogens with one attached hydrogen (secondary N) is 1. The molecule has 0 saturated carbocycles. The quantitative estimate of drug-likeness (QED) is 0.540. The van der Waals surface area contributed by atoms with E-state index in [1.807, 2.05) is 65.6 Å². The Morgan fingerprint density at radius 3 is 2.53 bits per heavy atom. The van der Waals surface area contributed by atoms with Crippen LogP contribution in [-0.2, 0) is 23.6 Å². The highest BCUT2D eigenvalue weighted by Crippen LogP contribution is 2.25. The topological polar surface area (TPSA) is 62.6 Å². The van der Waals surface area contributed by atoms with E-state index >= 15 is 0 Å². The van der Waals surface area contributed by atoms with Crippen molar-refractivity contribution in [3.8, 4) is 0 Å². The Morgan fingerprint density at radius 1 is 1.00 bits per heavy atom. The van der Waals surface area contributed by atoms with E-state index in [0.29, 0.717) is 31.0 Å². The smallest absolute Gasteiger partial charge is 0.287 e. The normalized spacial score (nSPS) is 13.6. The highest BCUT2D eigenvalue weighted by molar-refractivity contribution is 7.98. The van der Waals surface area contributed by atoms with Gasteiger partial charge >= 0.3 is 0 Å². The van der Waals surface area contributed by atoms with Crippen LogP contribution in [0.5, 0.6) is 0 Å². The fraction of sp³-hybridized carbons (Fsp3) is 0.250. The number of hydrogen-bond donors (Lipinski definition) is 1. The average Bonchev–Trinajstić information content (AvgIpc) is 3.41. The van der Waals surface area contributed by atoms with E-state index < -0.39 is 0 Å². The lowest BCUT2D eigenvalue weighted by Crippen LogP contribution is -2.27. The van der Waals surface area contributed by atoms with Crippen LogP contribution in [0, 0.1) is 0 Å². The summed E-state index contributed by atoms with van der Waals surface area (Å²) in [7, 11) is 0.